The van der Waals surface area contributed by atoms with E-state index in [2.05, 4.69) is 23.9 Å². The summed E-state index contributed by atoms with van der Waals surface area (Å²) in [6.45, 7) is 4.93. The van der Waals surface area contributed by atoms with Crippen molar-refractivity contribution in [1.82, 2.24) is 10.0 Å². The fraction of sp³-hybridized carbons (Fsp3) is 0.600. The first kappa shape index (κ1) is 16.8. The van der Waals surface area contributed by atoms with Gasteiger partial charge >= 0.3 is 0 Å². The van der Waals surface area contributed by atoms with Crippen LogP contribution in [0.15, 0.2) is 29.2 Å². The van der Waals surface area contributed by atoms with Crippen LogP contribution in [0, 0.1) is 0 Å². The molecule has 0 aromatic heterocycles. The highest BCUT2D eigenvalue weighted by molar-refractivity contribution is 7.99. The zero-order valence-corrected chi connectivity index (χ0v) is 14.3. The zero-order valence-electron chi connectivity index (χ0n) is 12.6. The summed E-state index contributed by atoms with van der Waals surface area (Å²) < 4.78 is 27.5. The molecule has 0 atom stereocenters. The molecule has 1 fully saturated rings. The van der Waals surface area contributed by atoms with Gasteiger partial charge in [0, 0.05) is 18.6 Å². The summed E-state index contributed by atoms with van der Waals surface area (Å²) in [5.41, 5.74) is 1.09. The lowest BCUT2D eigenvalue weighted by Crippen LogP contribution is -2.37. The fourth-order valence-electron chi connectivity index (χ4n) is 2.21. The van der Waals surface area contributed by atoms with Gasteiger partial charge in [-0.25, -0.2) is 13.1 Å². The molecule has 1 aliphatic heterocycles. The molecule has 1 heterocycles. The maximum absolute atomic E-state index is 12.3. The van der Waals surface area contributed by atoms with E-state index in [0.29, 0.717) is 10.9 Å². The number of hydrogen-bond acceptors (Lipinski definition) is 4. The number of rotatable bonds is 6. The third-order valence-corrected chi connectivity index (χ3v) is 6.08. The van der Waals surface area contributed by atoms with Crippen molar-refractivity contribution in [3.8, 4) is 0 Å². The zero-order chi connectivity index (χ0) is 15.3. The van der Waals surface area contributed by atoms with Crippen LogP contribution in [0.1, 0.15) is 32.3 Å². The molecule has 6 heteroatoms. The van der Waals surface area contributed by atoms with Crippen molar-refractivity contribution in [3.05, 3.63) is 29.8 Å². The second kappa shape index (κ2) is 7.63. The Labute approximate surface area is 132 Å². The molecule has 0 radical (unpaired) electrons. The number of sulfonamides is 1. The summed E-state index contributed by atoms with van der Waals surface area (Å²) in [4.78, 5) is 0.356. The Bertz CT molecular complexity index is 535. The molecule has 0 aliphatic carbocycles. The lowest BCUT2D eigenvalue weighted by atomic mass is 10.2. The summed E-state index contributed by atoms with van der Waals surface area (Å²) in [7, 11) is -3.39. The van der Waals surface area contributed by atoms with E-state index < -0.39 is 10.0 Å². The van der Waals surface area contributed by atoms with E-state index in [1.807, 2.05) is 23.9 Å². The van der Waals surface area contributed by atoms with Gasteiger partial charge in [-0.2, -0.15) is 11.8 Å². The standard InChI is InChI=1S/C15H24N2O2S2/c1-12(2)16-11-13-3-5-15(6-4-13)21(18,19)17-14-7-9-20-10-8-14/h3-6,12,14,16-17H,7-11H2,1-2H3. The lowest BCUT2D eigenvalue weighted by molar-refractivity contribution is 0.528. The number of thioether (sulfide) groups is 1. The second-order valence-corrected chi connectivity index (χ2v) is 8.63. The van der Waals surface area contributed by atoms with Gasteiger partial charge in [0.05, 0.1) is 4.90 Å². The Morgan fingerprint density at radius 1 is 1.19 bits per heavy atom. The van der Waals surface area contributed by atoms with Crippen molar-refractivity contribution < 1.29 is 8.42 Å². The predicted octanol–water partition coefficient (Wildman–Crippen LogP) is 2.36. The molecular weight excluding hydrogens is 304 g/mol. The fourth-order valence-corrected chi connectivity index (χ4v) is 4.62. The molecule has 21 heavy (non-hydrogen) atoms. The molecule has 4 nitrogen and oxygen atoms in total. The number of benzene rings is 1. The Morgan fingerprint density at radius 3 is 2.38 bits per heavy atom. The maximum Gasteiger partial charge on any atom is 0.240 e. The Morgan fingerprint density at radius 2 is 1.81 bits per heavy atom. The Kier molecular flexibility index (Phi) is 6.10. The van der Waals surface area contributed by atoms with E-state index in [-0.39, 0.29) is 6.04 Å². The first-order chi connectivity index (χ1) is 9.97. The third-order valence-electron chi connectivity index (χ3n) is 3.49. The van der Waals surface area contributed by atoms with Gasteiger partial charge < -0.3 is 5.32 Å². The van der Waals surface area contributed by atoms with Crippen molar-refractivity contribution in [3.63, 3.8) is 0 Å². The van der Waals surface area contributed by atoms with E-state index in [1.54, 1.807) is 12.1 Å². The van der Waals surface area contributed by atoms with Crippen LogP contribution in [0.25, 0.3) is 0 Å². The smallest absolute Gasteiger partial charge is 0.240 e. The molecule has 0 saturated carbocycles. The number of nitrogens with one attached hydrogen (secondary N) is 2. The first-order valence-corrected chi connectivity index (χ1v) is 10.0. The van der Waals surface area contributed by atoms with Gasteiger partial charge in [-0.1, -0.05) is 26.0 Å². The van der Waals surface area contributed by atoms with Crippen LogP contribution >= 0.6 is 11.8 Å². The SMILES string of the molecule is CC(C)NCc1ccc(S(=O)(=O)NC2CCSCC2)cc1. The molecule has 2 N–H and O–H groups in total. The average Bonchev–Trinajstić information content (AvgIpc) is 2.46. The van der Waals surface area contributed by atoms with Gasteiger partial charge in [-0.15, -0.1) is 0 Å². The van der Waals surface area contributed by atoms with Crippen LogP contribution < -0.4 is 10.0 Å². The predicted molar refractivity (Wildman–Crippen MR) is 89.1 cm³/mol. The first-order valence-electron chi connectivity index (χ1n) is 7.40. The highest BCUT2D eigenvalue weighted by Gasteiger charge is 2.21. The van der Waals surface area contributed by atoms with Crippen molar-refractivity contribution in [2.45, 2.75) is 50.2 Å². The highest BCUT2D eigenvalue weighted by Crippen LogP contribution is 2.19. The molecule has 118 valence electrons. The molecule has 2 rings (SSSR count). The van der Waals surface area contributed by atoms with Crippen LogP contribution in [0.2, 0.25) is 0 Å². The quantitative estimate of drug-likeness (QED) is 0.842. The molecule has 0 bridgehead atoms. The third kappa shape index (κ3) is 5.29. The monoisotopic (exact) mass is 328 g/mol. The van der Waals surface area contributed by atoms with Crippen LogP contribution in [0.3, 0.4) is 0 Å². The highest BCUT2D eigenvalue weighted by atomic mass is 32.2. The topological polar surface area (TPSA) is 58.2 Å². The minimum atomic E-state index is -3.39. The summed E-state index contributed by atoms with van der Waals surface area (Å²) in [6.07, 6.45) is 1.83. The summed E-state index contributed by atoms with van der Waals surface area (Å²) >= 11 is 1.89. The van der Waals surface area contributed by atoms with Crippen molar-refractivity contribution in [2.75, 3.05) is 11.5 Å². The summed E-state index contributed by atoms with van der Waals surface area (Å²) in [5, 5.41) is 3.32. The normalized spacial score (nSPS) is 17.3. The van der Waals surface area contributed by atoms with Crippen molar-refractivity contribution in [1.29, 1.82) is 0 Å². The Hall–Kier alpha value is -0.560. The van der Waals surface area contributed by atoms with E-state index in [4.69, 9.17) is 0 Å². The largest absolute Gasteiger partial charge is 0.310 e. The molecule has 0 amide bonds. The molecular formula is C15H24N2O2S2. The van der Waals surface area contributed by atoms with Gasteiger partial charge in [0.25, 0.3) is 0 Å². The minimum Gasteiger partial charge on any atom is -0.310 e. The minimum absolute atomic E-state index is 0.0820. The molecule has 1 aromatic carbocycles. The van der Waals surface area contributed by atoms with E-state index in [1.165, 1.54) is 0 Å². The molecule has 1 aromatic rings. The van der Waals surface area contributed by atoms with Gasteiger partial charge in [0.2, 0.25) is 10.0 Å². The van der Waals surface area contributed by atoms with E-state index in [0.717, 1.165) is 36.5 Å². The van der Waals surface area contributed by atoms with Crippen LogP contribution in [-0.4, -0.2) is 32.0 Å². The average molecular weight is 329 g/mol. The molecule has 1 aliphatic rings. The van der Waals surface area contributed by atoms with Crippen molar-refractivity contribution in [2.24, 2.45) is 0 Å². The second-order valence-electron chi connectivity index (χ2n) is 5.69. The molecule has 0 unspecified atom stereocenters. The van der Waals surface area contributed by atoms with Crippen LogP contribution in [-0.2, 0) is 16.6 Å². The van der Waals surface area contributed by atoms with Crippen LogP contribution in [0.5, 0.6) is 0 Å². The Balaban J connectivity index is 1.99. The van der Waals surface area contributed by atoms with E-state index in [9.17, 15) is 8.42 Å². The van der Waals surface area contributed by atoms with Crippen LogP contribution in [0.4, 0.5) is 0 Å². The van der Waals surface area contributed by atoms with Gasteiger partial charge in [0.1, 0.15) is 0 Å². The van der Waals surface area contributed by atoms with Gasteiger partial charge in [-0.05, 0) is 42.0 Å². The summed E-state index contributed by atoms with van der Waals surface area (Å²) in [5.74, 6) is 2.07. The lowest BCUT2D eigenvalue weighted by Gasteiger charge is -2.22. The summed E-state index contributed by atoms with van der Waals surface area (Å²) in [6, 6.07) is 7.63. The molecule has 1 saturated heterocycles. The molecule has 0 spiro atoms. The van der Waals surface area contributed by atoms with Crippen molar-refractivity contribution >= 4 is 21.8 Å². The number of hydrogen-bond donors (Lipinski definition) is 2. The maximum atomic E-state index is 12.3. The van der Waals surface area contributed by atoms with E-state index >= 15 is 0 Å². The van der Waals surface area contributed by atoms with Gasteiger partial charge in [-0.3, -0.25) is 0 Å². The van der Waals surface area contributed by atoms with Gasteiger partial charge in [0.15, 0.2) is 0 Å².